The lowest BCUT2D eigenvalue weighted by molar-refractivity contribution is -0.121. The molecule has 0 aromatic rings. The van der Waals surface area contributed by atoms with Crippen molar-refractivity contribution in [2.45, 2.75) is 18.9 Å². The fourth-order valence-corrected chi connectivity index (χ4v) is 1.27. The van der Waals surface area contributed by atoms with Gasteiger partial charge in [0.1, 0.15) is 0 Å². The van der Waals surface area contributed by atoms with Gasteiger partial charge in [-0.2, -0.15) is 0 Å². The van der Waals surface area contributed by atoms with Crippen LogP contribution in [0.5, 0.6) is 0 Å². The molecule has 4 heteroatoms. The molecule has 0 aromatic heterocycles. The standard InChI is InChI=1S/C9H19N3O/c1-12(2)6-9(13)11-5-8(10)7-3-4-7/h7-8H,3-6,10H2,1-2H3,(H,11,13). The van der Waals surface area contributed by atoms with E-state index in [1.165, 1.54) is 12.8 Å². The maximum Gasteiger partial charge on any atom is 0.234 e. The summed E-state index contributed by atoms with van der Waals surface area (Å²) in [6.07, 6.45) is 2.45. The zero-order chi connectivity index (χ0) is 9.84. The second-order valence-corrected chi connectivity index (χ2v) is 4.04. The van der Waals surface area contributed by atoms with Crippen molar-refractivity contribution in [1.82, 2.24) is 10.2 Å². The average Bonchev–Trinajstić information content (AvgIpc) is 2.80. The van der Waals surface area contributed by atoms with Crippen molar-refractivity contribution in [2.75, 3.05) is 27.2 Å². The maximum absolute atomic E-state index is 11.2. The molecule has 1 unspecified atom stereocenters. The normalized spacial score (nSPS) is 18.8. The number of nitrogens with two attached hydrogens (primary N) is 1. The monoisotopic (exact) mass is 185 g/mol. The Kier molecular flexibility index (Phi) is 3.69. The second-order valence-electron chi connectivity index (χ2n) is 4.04. The molecule has 76 valence electrons. The van der Waals surface area contributed by atoms with Crippen LogP contribution in [0.4, 0.5) is 0 Å². The minimum absolute atomic E-state index is 0.0566. The number of hydrogen-bond acceptors (Lipinski definition) is 3. The van der Waals surface area contributed by atoms with E-state index in [-0.39, 0.29) is 11.9 Å². The van der Waals surface area contributed by atoms with Crippen molar-refractivity contribution in [3.63, 3.8) is 0 Å². The van der Waals surface area contributed by atoms with Crippen LogP contribution in [-0.4, -0.2) is 44.0 Å². The number of likely N-dealkylation sites (N-methyl/N-ethyl adjacent to an activating group) is 1. The van der Waals surface area contributed by atoms with Crippen LogP contribution in [0.15, 0.2) is 0 Å². The third-order valence-electron chi connectivity index (χ3n) is 2.22. The van der Waals surface area contributed by atoms with E-state index in [2.05, 4.69) is 5.32 Å². The van der Waals surface area contributed by atoms with Crippen molar-refractivity contribution in [3.05, 3.63) is 0 Å². The smallest absolute Gasteiger partial charge is 0.234 e. The van der Waals surface area contributed by atoms with Crippen LogP contribution in [-0.2, 0) is 4.79 Å². The summed E-state index contributed by atoms with van der Waals surface area (Å²) in [4.78, 5) is 13.0. The lowest BCUT2D eigenvalue weighted by Gasteiger charge is -2.13. The largest absolute Gasteiger partial charge is 0.353 e. The first-order valence-electron chi connectivity index (χ1n) is 4.76. The minimum Gasteiger partial charge on any atom is -0.353 e. The Balaban J connectivity index is 2.06. The van der Waals surface area contributed by atoms with E-state index in [9.17, 15) is 4.79 Å². The predicted molar refractivity (Wildman–Crippen MR) is 52.3 cm³/mol. The van der Waals surface area contributed by atoms with Gasteiger partial charge in [0, 0.05) is 12.6 Å². The molecule has 1 atom stereocenters. The molecule has 0 saturated heterocycles. The molecule has 0 radical (unpaired) electrons. The highest BCUT2D eigenvalue weighted by molar-refractivity contribution is 5.77. The summed E-state index contributed by atoms with van der Waals surface area (Å²) >= 11 is 0. The number of hydrogen-bond donors (Lipinski definition) is 2. The lowest BCUT2D eigenvalue weighted by Crippen LogP contribution is -2.41. The summed E-state index contributed by atoms with van der Waals surface area (Å²) in [5.41, 5.74) is 5.83. The summed E-state index contributed by atoms with van der Waals surface area (Å²) < 4.78 is 0. The first-order valence-corrected chi connectivity index (χ1v) is 4.76. The van der Waals surface area contributed by atoms with Crippen molar-refractivity contribution >= 4 is 5.91 Å². The molecular weight excluding hydrogens is 166 g/mol. The molecule has 1 rings (SSSR count). The van der Waals surface area contributed by atoms with Gasteiger partial charge in [0.05, 0.1) is 6.54 Å². The maximum atomic E-state index is 11.2. The summed E-state index contributed by atoms with van der Waals surface area (Å²) in [5.74, 6) is 0.709. The van der Waals surface area contributed by atoms with Crippen LogP contribution in [0.1, 0.15) is 12.8 Å². The Morgan fingerprint density at radius 2 is 2.23 bits per heavy atom. The highest BCUT2D eigenvalue weighted by Crippen LogP contribution is 2.31. The van der Waals surface area contributed by atoms with E-state index >= 15 is 0 Å². The Labute approximate surface area is 79.5 Å². The van der Waals surface area contributed by atoms with Gasteiger partial charge in [-0.15, -0.1) is 0 Å². The van der Waals surface area contributed by atoms with Crippen LogP contribution < -0.4 is 11.1 Å². The predicted octanol–water partition coefficient (Wildman–Crippen LogP) is -0.598. The van der Waals surface area contributed by atoms with Gasteiger partial charge in [0.2, 0.25) is 5.91 Å². The molecule has 0 heterocycles. The molecule has 1 saturated carbocycles. The van der Waals surface area contributed by atoms with Gasteiger partial charge < -0.3 is 16.0 Å². The Morgan fingerprint density at radius 3 is 2.69 bits per heavy atom. The molecule has 4 nitrogen and oxygen atoms in total. The van der Waals surface area contributed by atoms with E-state index in [4.69, 9.17) is 5.73 Å². The summed E-state index contributed by atoms with van der Waals surface area (Å²) in [7, 11) is 3.75. The van der Waals surface area contributed by atoms with E-state index in [0.717, 1.165) is 0 Å². The lowest BCUT2D eigenvalue weighted by atomic mass is 10.2. The Hall–Kier alpha value is -0.610. The van der Waals surface area contributed by atoms with Gasteiger partial charge in [-0.3, -0.25) is 4.79 Å². The fraction of sp³-hybridized carbons (Fsp3) is 0.889. The molecule has 13 heavy (non-hydrogen) atoms. The number of carbonyl (C=O) groups is 1. The van der Waals surface area contributed by atoms with Gasteiger partial charge in [-0.1, -0.05) is 0 Å². The number of nitrogens with zero attached hydrogens (tertiary/aromatic N) is 1. The van der Waals surface area contributed by atoms with Gasteiger partial charge in [-0.05, 0) is 32.9 Å². The molecule has 1 amide bonds. The summed E-state index contributed by atoms with van der Waals surface area (Å²) in [6.45, 7) is 1.06. The Bertz CT molecular complexity index is 178. The first kappa shape index (κ1) is 10.5. The van der Waals surface area contributed by atoms with Crippen LogP contribution >= 0.6 is 0 Å². The summed E-state index contributed by atoms with van der Waals surface area (Å²) in [6, 6.07) is 0.158. The van der Waals surface area contributed by atoms with Crippen molar-refractivity contribution in [3.8, 4) is 0 Å². The molecule has 0 spiro atoms. The van der Waals surface area contributed by atoms with E-state index in [1.807, 2.05) is 19.0 Å². The van der Waals surface area contributed by atoms with Gasteiger partial charge in [-0.25, -0.2) is 0 Å². The molecule has 1 fully saturated rings. The molecular formula is C9H19N3O. The molecule has 1 aliphatic rings. The highest BCUT2D eigenvalue weighted by Gasteiger charge is 2.28. The van der Waals surface area contributed by atoms with Gasteiger partial charge in [0.25, 0.3) is 0 Å². The second kappa shape index (κ2) is 4.58. The van der Waals surface area contributed by atoms with Crippen LogP contribution in [0.3, 0.4) is 0 Å². The zero-order valence-corrected chi connectivity index (χ0v) is 8.42. The van der Waals surface area contributed by atoms with E-state index < -0.39 is 0 Å². The van der Waals surface area contributed by atoms with Crippen LogP contribution in [0, 0.1) is 5.92 Å². The van der Waals surface area contributed by atoms with Gasteiger partial charge >= 0.3 is 0 Å². The SMILES string of the molecule is CN(C)CC(=O)NCC(N)C1CC1. The third kappa shape index (κ3) is 4.24. The first-order chi connectivity index (χ1) is 6.09. The number of amides is 1. The third-order valence-corrected chi connectivity index (χ3v) is 2.22. The molecule has 0 aromatic carbocycles. The number of nitrogens with one attached hydrogen (secondary N) is 1. The van der Waals surface area contributed by atoms with Crippen molar-refractivity contribution < 1.29 is 4.79 Å². The Morgan fingerprint density at radius 1 is 1.62 bits per heavy atom. The molecule has 0 aliphatic heterocycles. The average molecular weight is 185 g/mol. The van der Waals surface area contributed by atoms with E-state index in [1.54, 1.807) is 0 Å². The number of carbonyl (C=O) groups excluding carboxylic acids is 1. The summed E-state index contributed by atoms with van der Waals surface area (Å²) in [5, 5.41) is 2.83. The topological polar surface area (TPSA) is 58.4 Å². The number of rotatable bonds is 5. The minimum atomic E-state index is 0.0566. The van der Waals surface area contributed by atoms with Crippen molar-refractivity contribution in [1.29, 1.82) is 0 Å². The highest BCUT2D eigenvalue weighted by atomic mass is 16.2. The molecule has 0 bridgehead atoms. The quantitative estimate of drug-likeness (QED) is 0.601. The molecule has 1 aliphatic carbocycles. The zero-order valence-electron chi connectivity index (χ0n) is 8.42. The fourth-order valence-electron chi connectivity index (χ4n) is 1.27. The van der Waals surface area contributed by atoms with E-state index in [0.29, 0.717) is 19.0 Å². The van der Waals surface area contributed by atoms with Crippen LogP contribution in [0.2, 0.25) is 0 Å². The van der Waals surface area contributed by atoms with Crippen LogP contribution in [0.25, 0.3) is 0 Å². The molecule has 3 N–H and O–H groups in total. The van der Waals surface area contributed by atoms with Gasteiger partial charge in [0.15, 0.2) is 0 Å². The van der Waals surface area contributed by atoms with Crippen molar-refractivity contribution in [2.24, 2.45) is 11.7 Å².